The molecule has 0 aromatic carbocycles. The molecule has 2 N–H and O–H groups in total. The summed E-state index contributed by atoms with van der Waals surface area (Å²) < 4.78 is 0. The van der Waals surface area contributed by atoms with Crippen molar-refractivity contribution < 1.29 is 19.8 Å². The largest absolute Gasteiger partial charge is 0.481 e. The third-order valence-electron chi connectivity index (χ3n) is 17.9. The lowest BCUT2D eigenvalue weighted by Gasteiger charge is -2.19. The van der Waals surface area contributed by atoms with Crippen molar-refractivity contribution >= 4 is 11.8 Å². The number of carboxylic acid groups (broad SMARTS) is 1. The second kappa shape index (κ2) is 64.9. The van der Waals surface area contributed by atoms with Crippen LogP contribution in [0.15, 0.2) is 0 Å². The molecule has 0 aliphatic heterocycles. The normalized spacial score (nSPS) is 12.9. The molecule has 0 bridgehead atoms. The van der Waals surface area contributed by atoms with Gasteiger partial charge in [-0.1, -0.05) is 400 Å². The van der Waals surface area contributed by atoms with E-state index in [9.17, 15) is 19.8 Å². The molecule has 0 rings (SSSR count). The monoisotopic (exact) mass is 1070 g/mol. The van der Waals surface area contributed by atoms with Crippen molar-refractivity contribution in [3.8, 4) is 0 Å². The first kappa shape index (κ1) is 75.1. The maximum absolute atomic E-state index is 12.6. The first-order valence-electron chi connectivity index (χ1n) is 35.9. The molecule has 0 fully saturated rings. The van der Waals surface area contributed by atoms with Crippen LogP contribution >= 0.6 is 0 Å². The smallest absolute Gasteiger partial charge is 0.309 e. The predicted octanol–water partition coefficient (Wildman–Crippen LogP) is 25.3. The van der Waals surface area contributed by atoms with Gasteiger partial charge in [-0.2, -0.15) is 0 Å². The van der Waals surface area contributed by atoms with Gasteiger partial charge in [-0.3, -0.25) is 9.59 Å². The molecule has 0 aliphatic carbocycles. The Balaban J connectivity index is 3.39. The summed E-state index contributed by atoms with van der Waals surface area (Å²) in [7, 11) is 0. The molecule has 0 radical (unpaired) electrons. The van der Waals surface area contributed by atoms with Crippen molar-refractivity contribution in [2.45, 2.75) is 438 Å². The fourth-order valence-electron chi connectivity index (χ4n) is 12.2. The molecular formula is C72H142O4. The van der Waals surface area contributed by atoms with Gasteiger partial charge in [0, 0.05) is 12.3 Å². The summed E-state index contributed by atoms with van der Waals surface area (Å²) in [4.78, 5) is 24.6. The van der Waals surface area contributed by atoms with E-state index in [0.29, 0.717) is 18.6 Å². The Morgan fingerprint density at radius 2 is 0.447 bits per heavy atom. The Labute approximate surface area is 479 Å². The lowest BCUT2D eigenvalue weighted by molar-refractivity contribution is -0.146. The van der Waals surface area contributed by atoms with E-state index < -0.39 is 18.0 Å². The molecule has 0 spiro atoms. The number of carbonyl (C=O) groups excluding carboxylic acids is 1. The molecule has 76 heavy (non-hydrogen) atoms. The minimum absolute atomic E-state index is 0.278. The van der Waals surface area contributed by atoms with Crippen molar-refractivity contribution in [3.05, 3.63) is 0 Å². The van der Waals surface area contributed by atoms with Gasteiger partial charge in [0.1, 0.15) is 5.78 Å². The maximum atomic E-state index is 12.6. The van der Waals surface area contributed by atoms with Crippen LogP contribution in [0.3, 0.4) is 0 Å². The molecule has 0 aromatic rings. The first-order valence-corrected chi connectivity index (χ1v) is 35.9. The van der Waals surface area contributed by atoms with Crippen LogP contribution < -0.4 is 0 Å². The van der Waals surface area contributed by atoms with Crippen LogP contribution in [0, 0.1) is 11.8 Å². The van der Waals surface area contributed by atoms with Gasteiger partial charge < -0.3 is 10.2 Å². The third-order valence-corrected chi connectivity index (χ3v) is 17.9. The maximum Gasteiger partial charge on any atom is 0.309 e. The predicted molar refractivity (Wildman–Crippen MR) is 338 cm³/mol. The standard InChI is InChI=1S/C72H142O4/c1-4-6-8-10-12-14-16-18-20-21-22-31-34-37-41-45-49-53-57-61-65-69(72(75)76)71(74)67-63-59-55-51-47-43-39-36-33-30-28-26-24-23-25-27-29-32-35-38-42-46-50-54-58-62-66-70(73)68(3)64-60-56-52-48-44-40-19-17-15-13-11-9-7-5-2/h68-69,71,74H,4-67H2,1-3H3,(H,75,76). The summed E-state index contributed by atoms with van der Waals surface area (Å²) in [5.74, 6) is -0.587. The zero-order valence-corrected chi connectivity index (χ0v) is 52.7. The lowest BCUT2D eigenvalue weighted by atomic mass is 9.91. The highest BCUT2D eigenvalue weighted by molar-refractivity contribution is 5.80. The molecule has 0 aliphatic rings. The Morgan fingerprint density at radius 3 is 0.671 bits per heavy atom. The van der Waals surface area contributed by atoms with E-state index in [1.165, 1.54) is 353 Å². The molecule has 3 atom stereocenters. The van der Waals surface area contributed by atoms with E-state index in [1.807, 2.05) is 0 Å². The number of carboxylic acids is 1. The van der Waals surface area contributed by atoms with E-state index >= 15 is 0 Å². The van der Waals surface area contributed by atoms with Gasteiger partial charge in [-0.15, -0.1) is 0 Å². The number of rotatable bonds is 68. The van der Waals surface area contributed by atoms with Crippen molar-refractivity contribution in [3.63, 3.8) is 0 Å². The van der Waals surface area contributed by atoms with Crippen LogP contribution in [-0.4, -0.2) is 28.1 Å². The van der Waals surface area contributed by atoms with Crippen molar-refractivity contribution in [2.75, 3.05) is 0 Å². The number of aliphatic hydroxyl groups is 1. The fraction of sp³-hybridized carbons (Fsp3) is 0.972. The minimum Gasteiger partial charge on any atom is -0.481 e. The number of hydrogen-bond donors (Lipinski definition) is 2. The van der Waals surface area contributed by atoms with Crippen molar-refractivity contribution in [2.24, 2.45) is 11.8 Å². The molecule has 0 amide bonds. The third kappa shape index (κ3) is 59.2. The molecule has 4 heteroatoms. The molecule has 0 saturated heterocycles. The summed E-state index contributed by atoms with van der Waals surface area (Å²) >= 11 is 0. The van der Waals surface area contributed by atoms with E-state index in [4.69, 9.17) is 0 Å². The highest BCUT2D eigenvalue weighted by Gasteiger charge is 2.25. The van der Waals surface area contributed by atoms with Gasteiger partial charge in [0.25, 0.3) is 0 Å². The first-order chi connectivity index (χ1) is 37.4. The van der Waals surface area contributed by atoms with Gasteiger partial charge in [0.05, 0.1) is 12.0 Å². The second-order valence-corrected chi connectivity index (χ2v) is 25.5. The molecule has 0 saturated carbocycles. The lowest BCUT2D eigenvalue weighted by Crippen LogP contribution is -2.28. The van der Waals surface area contributed by atoms with Crippen molar-refractivity contribution in [1.29, 1.82) is 0 Å². The van der Waals surface area contributed by atoms with Gasteiger partial charge in [-0.05, 0) is 25.7 Å². The quantitative estimate of drug-likeness (QED) is 0.0595. The number of ketones is 1. The number of aliphatic carboxylic acids is 1. The van der Waals surface area contributed by atoms with E-state index in [-0.39, 0.29) is 5.92 Å². The number of carbonyl (C=O) groups is 2. The van der Waals surface area contributed by atoms with Gasteiger partial charge in [-0.25, -0.2) is 0 Å². The minimum atomic E-state index is -0.804. The Kier molecular flexibility index (Phi) is 64.1. The summed E-state index contributed by atoms with van der Waals surface area (Å²) in [5, 5.41) is 20.5. The summed E-state index contributed by atoms with van der Waals surface area (Å²) in [6.45, 7) is 6.77. The molecular weight excluding hydrogens is 929 g/mol. The van der Waals surface area contributed by atoms with Crippen LogP contribution in [0.5, 0.6) is 0 Å². The highest BCUT2D eigenvalue weighted by Crippen LogP contribution is 2.23. The van der Waals surface area contributed by atoms with Gasteiger partial charge >= 0.3 is 5.97 Å². The van der Waals surface area contributed by atoms with E-state index in [1.54, 1.807) is 0 Å². The van der Waals surface area contributed by atoms with Crippen LogP contribution in [0.25, 0.3) is 0 Å². The Morgan fingerprint density at radius 1 is 0.263 bits per heavy atom. The Hall–Kier alpha value is -0.900. The number of hydrogen-bond acceptors (Lipinski definition) is 3. The molecule has 454 valence electrons. The molecule has 0 heterocycles. The summed E-state index contributed by atoms with van der Waals surface area (Å²) in [6.07, 6.45) is 84.1. The molecule has 3 unspecified atom stereocenters. The summed E-state index contributed by atoms with van der Waals surface area (Å²) in [5.41, 5.74) is 0. The van der Waals surface area contributed by atoms with E-state index in [2.05, 4.69) is 20.8 Å². The van der Waals surface area contributed by atoms with Crippen LogP contribution in [0.1, 0.15) is 432 Å². The fourth-order valence-corrected chi connectivity index (χ4v) is 12.2. The van der Waals surface area contributed by atoms with Gasteiger partial charge in [0.15, 0.2) is 0 Å². The van der Waals surface area contributed by atoms with Gasteiger partial charge in [0.2, 0.25) is 0 Å². The zero-order valence-electron chi connectivity index (χ0n) is 52.7. The zero-order chi connectivity index (χ0) is 55.1. The topological polar surface area (TPSA) is 74.6 Å². The average Bonchev–Trinajstić information content (AvgIpc) is 3.41. The van der Waals surface area contributed by atoms with Crippen LogP contribution in [-0.2, 0) is 9.59 Å². The number of unbranched alkanes of at least 4 members (excludes halogenated alkanes) is 57. The van der Waals surface area contributed by atoms with Crippen LogP contribution in [0.4, 0.5) is 0 Å². The molecule has 0 aromatic heterocycles. The molecule has 4 nitrogen and oxygen atoms in total. The SMILES string of the molecule is CCCCCCCCCCCCCCCCCCCCCCC(C(=O)O)C(O)CCCCCCCCCCCCCCCCCCCCCCCCCCCCC(=O)C(C)CCCCCCCCCCCCCCCC. The van der Waals surface area contributed by atoms with Crippen LogP contribution in [0.2, 0.25) is 0 Å². The number of Topliss-reactive ketones (excluding diaryl/α,β-unsaturated/α-hetero) is 1. The highest BCUT2D eigenvalue weighted by atomic mass is 16.4. The second-order valence-electron chi connectivity index (χ2n) is 25.5. The summed E-state index contributed by atoms with van der Waals surface area (Å²) in [6, 6.07) is 0. The van der Waals surface area contributed by atoms with Crippen molar-refractivity contribution in [1.82, 2.24) is 0 Å². The number of aliphatic hydroxyl groups excluding tert-OH is 1. The average molecular weight is 1070 g/mol. The Bertz CT molecular complexity index is 1100. The van der Waals surface area contributed by atoms with E-state index in [0.717, 1.165) is 44.9 Å².